The van der Waals surface area contributed by atoms with Gasteiger partial charge in [-0.05, 0) is 34.9 Å². The van der Waals surface area contributed by atoms with E-state index in [4.69, 9.17) is 5.26 Å². The summed E-state index contributed by atoms with van der Waals surface area (Å²) in [5.74, 6) is 0. The Hall–Kier alpha value is -2.86. The van der Waals surface area contributed by atoms with Gasteiger partial charge in [-0.3, -0.25) is 0 Å². The van der Waals surface area contributed by atoms with Crippen LogP contribution in [0.15, 0.2) is 61.6 Å². The molecule has 0 N–H and O–H groups in total. The summed E-state index contributed by atoms with van der Waals surface area (Å²) in [5.41, 5.74) is 4.22. The number of benzene rings is 1. The maximum Gasteiger partial charge on any atom is 0.136 e. The first-order valence-corrected chi connectivity index (χ1v) is 5.91. The van der Waals surface area contributed by atoms with Gasteiger partial charge in [0.15, 0.2) is 0 Å². The zero-order valence-electron chi connectivity index (χ0n) is 10.2. The minimum absolute atomic E-state index is 0.637. The molecule has 3 nitrogen and oxygen atoms in total. The van der Waals surface area contributed by atoms with Gasteiger partial charge in [0.25, 0.3) is 0 Å². The average Bonchev–Trinajstić information content (AvgIpc) is 2.93. The molecule has 3 aromatic rings. The lowest BCUT2D eigenvalue weighted by molar-refractivity contribution is 1.18. The van der Waals surface area contributed by atoms with Crippen molar-refractivity contribution in [2.45, 2.75) is 0 Å². The highest BCUT2D eigenvalue weighted by Crippen LogP contribution is 2.24. The fourth-order valence-corrected chi connectivity index (χ4v) is 2.10. The van der Waals surface area contributed by atoms with Gasteiger partial charge < -0.3 is 4.40 Å². The molecule has 0 bridgehead atoms. The average molecular weight is 245 g/mol. The van der Waals surface area contributed by atoms with E-state index >= 15 is 0 Å². The predicted octanol–water partition coefficient (Wildman–Crippen LogP) is 3.27. The number of nitriles is 1. The normalized spacial score (nSPS) is 10.3. The van der Waals surface area contributed by atoms with E-state index in [0.717, 1.165) is 22.3 Å². The molecule has 1 aromatic carbocycles. The molecule has 0 radical (unpaired) electrons. The minimum Gasteiger partial charge on any atom is -0.306 e. The van der Waals surface area contributed by atoms with Gasteiger partial charge in [-0.1, -0.05) is 24.8 Å². The molecule has 0 fully saturated rings. The molecule has 0 saturated heterocycles. The van der Waals surface area contributed by atoms with E-state index in [9.17, 15) is 0 Å². The van der Waals surface area contributed by atoms with Gasteiger partial charge in [-0.2, -0.15) is 5.26 Å². The van der Waals surface area contributed by atoms with Crippen molar-refractivity contribution in [1.29, 1.82) is 5.26 Å². The quantitative estimate of drug-likeness (QED) is 0.695. The number of hydrogen-bond donors (Lipinski definition) is 0. The summed E-state index contributed by atoms with van der Waals surface area (Å²) >= 11 is 0. The first-order chi connectivity index (χ1) is 9.29. The highest BCUT2D eigenvalue weighted by molar-refractivity contribution is 5.81. The van der Waals surface area contributed by atoms with E-state index < -0.39 is 0 Å². The van der Waals surface area contributed by atoms with Crippen molar-refractivity contribution in [3.63, 3.8) is 0 Å². The van der Waals surface area contributed by atoms with Crippen LogP contribution in [0.4, 0.5) is 0 Å². The standard InChI is InChI=1S/C16H11N3/c1-12(15-5-3-2-4-13(15)10-17)14-6-7-16-18-8-9-19(16)11-14/h2-9,11H,1H2. The van der Waals surface area contributed by atoms with Crippen LogP contribution in [0.5, 0.6) is 0 Å². The molecule has 19 heavy (non-hydrogen) atoms. The molecule has 2 aromatic heterocycles. The molecule has 0 aliphatic heterocycles. The predicted molar refractivity (Wildman–Crippen MR) is 74.5 cm³/mol. The molecule has 0 amide bonds. The van der Waals surface area contributed by atoms with Crippen LogP contribution in [0.2, 0.25) is 0 Å². The van der Waals surface area contributed by atoms with E-state index in [1.165, 1.54) is 0 Å². The minimum atomic E-state index is 0.637. The zero-order valence-corrected chi connectivity index (χ0v) is 10.2. The summed E-state index contributed by atoms with van der Waals surface area (Å²) in [6.45, 7) is 4.11. The van der Waals surface area contributed by atoms with Crippen LogP contribution in [-0.2, 0) is 0 Å². The zero-order chi connectivity index (χ0) is 13.2. The second kappa shape index (κ2) is 4.43. The molecule has 0 spiro atoms. The number of hydrogen-bond acceptors (Lipinski definition) is 2. The van der Waals surface area contributed by atoms with Gasteiger partial charge >= 0.3 is 0 Å². The summed E-state index contributed by atoms with van der Waals surface area (Å²) in [7, 11) is 0. The lowest BCUT2D eigenvalue weighted by Crippen LogP contribution is -1.93. The van der Waals surface area contributed by atoms with Crippen LogP contribution in [0.25, 0.3) is 11.2 Å². The second-order valence-electron chi connectivity index (χ2n) is 4.25. The summed E-state index contributed by atoms with van der Waals surface area (Å²) in [6.07, 6.45) is 5.62. The SMILES string of the molecule is C=C(c1ccc2nccn2c1)c1ccccc1C#N. The first-order valence-electron chi connectivity index (χ1n) is 5.91. The van der Waals surface area contributed by atoms with Gasteiger partial charge in [0.2, 0.25) is 0 Å². The summed E-state index contributed by atoms with van der Waals surface area (Å²) in [5, 5.41) is 9.15. The fraction of sp³-hybridized carbons (Fsp3) is 0. The smallest absolute Gasteiger partial charge is 0.136 e. The van der Waals surface area contributed by atoms with Gasteiger partial charge in [0.05, 0.1) is 11.6 Å². The molecule has 0 saturated carbocycles. The number of fused-ring (bicyclic) bond motifs is 1. The van der Waals surface area contributed by atoms with Crippen molar-refractivity contribution < 1.29 is 0 Å². The Labute approximate surface area is 111 Å². The van der Waals surface area contributed by atoms with Crippen LogP contribution in [-0.4, -0.2) is 9.38 Å². The van der Waals surface area contributed by atoms with E-state index in [1.54, 1.807) is 12.3 Å². The van der Waals surface area contributed by atoms with E-state index in [1.807, 2.05) is 47.1 Å². The molecule has 3 rings (SSSR count). The monoisotopic (exact) mass is 245 g/mol. The molecule has 0 aliphatic carbocycles. The summed E-state index contributed by atoms with van der Waals surface area (Å²) < 4.78 is 1.94. The third-order valence-corrected chi connectivity index (χ3v) is 3.11. The van der Waals surface area contributed by atoms with Crippen molar-refractivity contribution in [1.82, 2.24) is 9.38 Å². The second-order valence-corrected chi connectivity index (χ2v) is 4.25. The van der Waals surface area contributed by atoms with E-state index in [2.05, 4.69) is 17.6 Å². The third-order valence-electron chi connectivity index (χ3n) is 3.11. The van der Waals surface area contributed by atoms with Crippen molar-refractivity contribution in [2.24, 2.45) is 0 Å². The number of nitrogens with zero attached hydrogens (tertiary/aromatic N) is 3. The Morgan fingerprint density at radius 2 is 2.05 bits per heavy atom. The highest BCUT2D eigenvalue weighted by Gasteiger charge is 2.08. The maximum atomic E-state index is 9.15. The Balaban J connectivity index is 2.10. The van der Waals surface area contributed by atoms with Crippen molar-refractivity contribution in [3.8, 4) is 6.07 Å². The lowest BCUT2D eigenvalue weighted by Gasteiger charge is -2.08. The Kier molecular flexibility index (Phi) is 2.62. The summed E-state index contributed by atoms with van der Waals surface area (Å²) in [4.78, 5) is 4.21. The van der Waals surface area contributed by atoms with Crippen LogP contribution in [0.1, 0.15) is 16.7 Å². The van der Waals surface area contributed by atoms with Gasteiger partial charge in [-0.15, -0.1) is 0 Å². The number of pyridine rings is 1. The highest BCUT2D eigenvalue weighted by atomic mass is 15.0. The number of aromatic nitrogens is 2. The van der Waals surface area contributed by atoms with Crippen LogP contribution >= 0.6 is 0 Å². The van der Waals surface area contributed by atoms with Gasteiger partial charge in [0.1, 0.15) is 5.65 Å². The molecular formula is C16H11N3. The Morgan fingerprint density at radius 1 is 1.21 bits per heavy atom. The fourth-order valence-electron chi connectivity index (χ4n) is 2.10. The van der Waals surface area contributed by atoms with Crippen LogP contribution in [0.3, 0.4) is 0 Å². The van der Waals surface area contributed by atoms with Crippen molar-refractivity contribution in [3.05, 3.63) is 78.3 Å². The molecule has 3 heteroatoms. The molecule has 0 aliphatic rings. The first kappa shape index (κ1) is 11.2. The molecule has 2 heterocycles. The molecule has 0 unspecified atom stereocenters. The van der Waals surface area contributed by atoms with Crippen LogP contribution in [0, 0.1) is 11.3 Å². The van der Waals surface area contributed by atoms with Crippen LogP contribution < -0.4 is 0 Å². The van der Waals surface area contributed by atoms with E-state index in [0.29, 0.717) is 5.56 Å². The Morgan fingerprint density at radius 3 is 2.89 bits per heavy atom. The maximum absolute atomic E-state index is 9.15. The van der Waals surface area contributed by atoms with Crippen molar-refractivity contribution >= 4 is 11.2 Å². The number of rotatable bonds is 2. The Bertz CT molecular complexity index is 806. The molecule has 0 atom stereocenters. The topological polar surface area (TPSA) is 41.1 Å². The molecular weight excluding hydrogens is 234 g/mol. The van der Waals surface area contributed by atoms with Crippen molar-refractivity contribution in [2.75, 3.05) is 0 Å². The molecule has 90 valence electrons. The largest absolute Gasteiger partial charge is 0.306 e. The summed E-state index contributed by atoms with van der Waals surface area (Å²) in [6, 6.07) is 13.6. The van der Waals surface area contributed by atoms with Gasteiger partial charge in [-0.25, -0.2) is 4.98 Å². The number of imidazole rings is 1. The third kappa shape index (κ3) is 1.90. The van der Waals surface area contributed by atoms with Gasteiger partial charge in [0, 0.05) is 18.6 Å². The van der Waals surface area contributed by atoms with E-state index in [-0.39, 0.29) is 0 Å². The lowest BCUT2D eigenvalue weighted by atomic mass is 9.97.